The van der Waals surface area contributed by atoms with Crippen molar-refractivity contribution in [2.24, 2.45) is 0 Å². The molecule has 2 aromatic carbocycles. The lowest BCUT2D eigenvalue weighted by atomic mass is 10.2. The summed E-state index contributed by atoms with van der Waals surface area (Å²) in [5.74, 6) is 0.519. The quantitative estimate of drug-likeness (QED) is 0.704. The number of carbonyl (C=O) groups is 1. The number of anilines is 1. The highest BCUT2D eigenvalue weighted by molar-refractivity contribution is 9.10. The van der Waals surface area contributed by atoms with Gasteiger partial charge in [-0.25, -0.2) is 9.67 Å². The number of benzene rings is 2. The molecule has 1 N–H and O–H groups in total. The van der Waals surface area contributed by atoms with Crippen LogP contribution in [0.3, 0.4) is 0 Å². The Bertz CT molecular complexity index is 804. The van der Waals surface area contributed by atoms with Gasteiger partial charge in [0, 0.05) is 21.8 Å². The van der Waals surface area contributed by atoms with Crippen molar-refractivity contribution in [3.8, 4) is 5.75 Å². The maximum atomic E-state index is 12.2. The van der Waals surface area contributed by atoms with E-state index < -0.39 is 0 Å². The zero-order valence-electron chi connectivity index (χ0n) is 12.7. The van der Waals surface area contributed by atoms with E-state index in [9.17, 15) is 4.79 Å². The molecule has 24 heavy (non-hydrogen) atoms. The summed E-state index contributed by atoms with van der Waals surface area (Å²) in [7, 11) is 0. The van der Waals surface area contributed by atoms with Crippen LogP contribution >= 0.6 is 15.9 Å². The van der Waals surface area contributed by atoms with E-state index in [4.69, 9.17) is 4.74 Å². The van der Waals surface area contributed by atoms with E-state index >= 15 is 0 Å². The first-order chi connectivity index (χ1) is 11.7. The van der Waals surface area contributed by atoms with E-state index in [1.807, 2.05) is 30.3 Å². The predicted molar refractivity (Wildman–Crippen MR) is 94.1 cm³/mol. The van der Waals surface area contributed by atoms with Gasteiger partial charge in [0.2, 0.25) is 0 Å². The zero-order chi connectivity index (χ0) is 16.8. The SMILES string of the molecule is O=C(Nc1cccc(OCCn2cncn2)c1)c1ccc(Br)cc1. The molecular formula is C17H15BrN4O2. The maximum absolute atomic E-state index is 12.2. The van der Waals surface area contributed by atoms with Crippen molar-refractivity contribution in [1.82, 2.24) is 14.8 Å². The zero-order valence-corrected chi connectivity index (χ0v) is 14.3. The van der Waals surface area contributed by atoms with Gasteiger partial charge in [-0.05, 0) is 36.4 Å². The molecule has 0 fully saturated rings. The Morgan fingerprint density at radius 2 is 2.04 bits per heavy atom. The van der Waals surface area contributed by atoms with Gasteiger partial charge in [0.25, 0.3) is 5.91 Å². The lowest BCUT2D eigenvalue weighted by Crippen LogP contribution is -2.12. The number of halogens is 1. The molecule has 1 amide bonds. The first-order valence-electron chi connectivity index (χ1n) is 7.33. The third kappa shape index (κ3) is 4.42. The highest BCUT2D eigenvalue weighted by atomic mass is 79.9. The van der Waals surface area contributed by atoms with Crippen molar-refractivity contribution in [2.75, 3.05) is 11.9 Å². The molecule has 0 aliphatic carbocycles. The summed E-state index contributed by atoms with van der Waals surface area (Å²) >= 11 is 3.35. The minimum atomic E-state index is -0.165. The third-order valence-corrected chi connectivity index (χ3v) is 3.78. The number of ether oxygens (including phenoxy) is 1. The summed E-state index contributed by atoms with van der Waals surface area (Å²) in [6.45, 7) is 1.07. The molecule has 3 rings (SSSR count). The Morgan fingerprint density at radius 1 is 1.21 bits per heavy atom. The van der Waals surface area contributed by atoms with Crippen LogP contribution in [0.1, 0.15) is 10.4 Å². The monoisotopic (exact) mass is 386 g/mol. The van der Waals surface area contributed by atoms with Crippen molar-refractivity contribution >= 4 is 27.5 Å². The second kappa shape index (κ2) is 7.74. The lowest BCUT2D eigenvalue weighted by Gasteiger charge is -2.09. The smallest absolute Gasteiger partial charge is 0.255 e. The van der Waals surface area contributed by atoms with Crippen LogP contribution in [-0.4, -0.2) is 27.3 Å². The number of aromatic nitrogens is 3. The Balaban J connectivity index is 1.58. The molecule has 0 saturated heterocycles. The van der Waals surface area contributed by atoms with Crippen molar-refractivity contribution in [3.63, 3.8) is 0 Å². The van der Waals surface area contributed by atoms with Gasteiger partial charge >= 0.3 is 0 Å². The number of carbonyl (C=O) groups excluding carboxylic acids is 1. The van der Waals surface area contributed by atoms with Crippen molar-refractivity contribution in [3.05, 3.63) is 71.2 Å². The highest BCUT2D eigenvalue weighted by Crippen LogP contribution is 2.19. The van der Waals surface area contributed by atoms with Gasteiger partial charge < -0.3 is 10.1 Å². The second-order valence-corrected chi connectivity index (χ2v) is 5.91. The summed E-state index contributed by atoms with van der Waals surface area (Å²) in [6, 6.07) is 14.5. The van der Waals surface area contributed by atoms with Crippen LogP contribution in [0.25, 0.3) is 0 Å². The van der Waals surface area contributed by atoms with Crippen molar-refractivity contribution in [2.45, 2.75) is 6.54 Å². The van der Waals surface area contributed by atoms with Gasteiger partial charge in [0.1, 0.15) is 25.0 Å². The first-order valence-corrected chi connectivity index (χ1v) is 8.12. The average Bonchev–Trinajstić information content (AvgIpc) is 3.09. The van der Waals surface area contributed by atoms with Gasteiger partial charge in [-0.15, -0.1) is 0 Å². The maximum Gasteiger partial charge on any atom is 0.255 e. The Kier molecular flexibility index (Phi) is 5.22. The van der Waals surface area contributed by atoms with E-state index in [0.717, 1.165) is 4.47 Å². The van der Waals surface area contributed by atoms with E-state index in [1.165, 1.54) is 6.33 Å². The van der Waals surface area contributed by atoms with E-state index in [1.54, 1.807) is 29.2 Å². The molecule has 0 unspecified atom stereocenters. The second-order valence-electron chi connectivity index (χ2n) is 5.00. The Morgan fingerprint density at radius 3 is 2.79 bits per heavy atom. The molecule has 1 heterocycles. The summed E-state index contributed by atoms with van der Waals surface area (Å²) in [5, 5.41) is 6.87. The third-order valence-electron chi connectivity index (χ3n) is 3.25. The van der Waals surface area contributed by atoms with Crippen LogP contribution in [0.4, 0.5) is 5.69 Å². The van der Waals surface area contributed by atoms with Crippen LogP contribution in [0.15, 0.2) is 65.7 Å². The van der Waals surface area contributed by atoms with E-state index in [0.29, 0.717) is 30.2 Å². The highest BCUT2D eigenvalue weighted by Gasteiger charge is 2.06. The fraction of sp³-hybridized carbons (Fsp3) is 0.118. The number of rotatable bonds is 6. The van der Waals surface area contributed by atoms with Crippen LogP contribution in [0, 0.1) is 0 Å². The molecule has 122 valence electrons. The van der Waals surface area contributed by atoms with Crippen LogP contribution in [0.5, 0.6) is 5.75 Å². The van der Waals surface area contributed by atoms with Crippen LogP contribution in [-0.2, 0) is 6.54 Å². The van der Waals surface area contributed by atoms with Gasteiger partial charge in [0.05, 0.1) is 6.54 Å². The molecule has 3 aromatic rings. The standard InChI is InChI=1S/C17H15BrN4O2/c18-14-6-4-13(5-7-14)17(23)21-15-2-1-3-16(10-15)24-9-8-22-12-19-11-20-22/h1-7,10-12H,8-9H2,(H,21,23). The Labute approximate surface area is 147 Å². The minimum Gasteiger partial charge on any atom is -0.492 e. The van der Waals surface area contributed by atoms with E-state index in [-0.39, 0.29) is 5.91 Å². The molecule has 0 atom stereocenters. The minimum absolute atomic E-state index is 0.165. The number of nitrogens with zero attached hydrogens (tertiary/aromatic N) is 3. The predicted octanol–water partition coefficient (Wildman–Crippen LogP) is 3.37. The fourth-order valence-corrected chi connectivity index (χ4v) is 2.34. The van der Waals surface area contributed by atoms with Gasteiger partial charge in [-0.3, -0.25) is 4.79 Å². The lowest BCUT2D eigenvalue weighted by molar-refractivity contribution is 0.102. The van der Waals surface area contributed by atoms with Crippen molar-refractivity contribution < 1.29 is 9.53 Å². The molecule has 0 aliphatic rings. The van der Waals surface area contributed by atoms with Gasteiger partial charge in [-0.1, -0.05) is 22.0 Å². The van der Waals surface area contributed by atoms with Crippen molar-refractivity contribution in [1.29, 1.82) is 0 Å². The molecule has 0 bridgehead atoms. The largest absolute Gasteiger partial charge is 0.492 e. The summed E-state index contributed by atoms with van der Waals surface area (Å²) in [6.07, 6.45) is 3.12. The van der Waals surface area contributed by atoms with E-state index in [2.05, 4.69) is 31.3 Å². The molecule has 0 aliphatic heterocycles. The molecular weight excluding hydrogens is 372 g/mol. The number of nitrogens with one attached hydrogen (secondary N) is 1. The molecule has 6 nitrogen and oxygen atoms in total. The van der Waals surface area contributed by atoms with Gasteiger partial charge in [0.15, 0.2) is 0 Å². The number of amides is 1. The Hall–Kier alpha value is -2.67. The number of hydrogen-bond donors (Lipinski definition) is 1. The average molecular weight is 387 g/mol. The van der Waals surface area contributed by atoms with Crippen LogP contribution in [0.2, 0.25) is 0 Å². The van der Waals surface area contributed by atoms with Gasteiger partial charge in [-0.2, -0.15) is 5.10 Å². The summed E-state index contributed by atoms with van der Waals surface area (Å²) < 4.78 is 8.30. The molecule has 0 spiro atoms. The number of hydrogen-bond acceptors (Lipinski definition) is 4. The molecule has 1 aromatic heterocycles. The first kappa shape index (κ1) is 16.2. The summed E-state index contributed by atoms with van der Waals surface area (Å²) in [4.78, 5) is 16.1. The molecule has 0 radical (unpaired) electrons. The van der Waals surface area contributed by atoms with Crippen LogP contribution < -0.4 is 10.1 Å². The normalized spacial score (nSPS) is 10.4. The summed E-state index contributed by atoms with van der Waals surface area (Å²) in [5.41, 5.74) is 1.27. The molecule has 0 saturated carbocycles. The topological polar surface area (TPSA) is 69.0 Å². The fourth-order valence-electron chi connectivity index (χ4n) is 2.07. The molecule has 7 heteroatoms.